The predicted molar refractivity (Wildman–Crippen MR) is 99.8 cm³/mol. The van der Waals surface area contributed by atoms with Gasteiger partial charge in [-0.25, -0.2) is 8.78 Å². The van der Waals surface area contributed by atoms with Gasteiger partial charge in [-0.15, -0.1) is 24.0 Å². The summed E-state index contributed by atoms with van der Waals surface area (Å²) in [6.45, 7) is 2.95. The summed E-state index contributed by atoms with van der Waals surface area (Å²) in [6, 6.07) is 3.39. The summed E-state index contributed by atoms with van der Waals surface area (Å²) in [4.78, 5) is 4.05. The van der Waals surface area contributed by atoms with Crippen molar-refractivity contribution in [1.82, 2.24) is 10.6 Å². The van der Waals surface area contributed by atoms with Crippen molar-refractivity contribution >= 4 is 29.9 Å². The Balaban J connectivity index is 0.00000288. The van der Waals surface area contributed by atoms with Gasteiger partial charge in [0.2, 0.25) is 0 Å². The van der Waals surface area contributed by atoms with E-state index in [4.69, 9.17) is 9.47 Å². The van der Waals surface area contributed by atoms with Gasteiger partial charge in [0.25, 0.3) is 0 Å². The molecule has 0 amide bonds. The molecular weight excluding hydrogens is 431 g/mol. The van der Waals surface area contributed by atoms with E-state index in [1.54, 1.807) is 7.05 Å². The van der Waals surface area contributed by atoms with Crippen molar-refractivity contribution in [2.75, 3.05) is 33.4 Å². The Kier molecular flexibility index (Phi) is 10.1. The van der Waals surface area contributed by atoms with Gasteiger partial charge in [-0.3, -0.25) is 4.99 Å². The van der Waals surface area contributed by atoms with E-state index < -0.39 is 11.6 Å². The van der Waals surface area contributed by atoms with Crippen LogP contribution < -0.4 is 10.6 Å². The second kappa shape index (κ2) is 11.5. The summed E-state index contributed by atoms with van der Waals surface area (Å²) in [5.41, 5.74) is 0.262. The number of nitrogens with one attached hydrogen (secondary N) is 2. The standard InChI is InChI=1S/C16H23F2N3O2.HI/c1-19-16(20-6-2-7-23-14-5-8-22-11-14)21-10-12-9-13(17)3-4-15(12)18;/h3-4,9,14H,2,5-8,10-11H2,1H3,(H2,19,20,21);1H. The van der Waals surface area contributed by atoms with E-state index in [9.17, 15) is 8.78 Å². The monoisotopic (exact) mass is 455 g/mol. The van der Waals surface area contributed by atoms with Crippen LogP contribution in [0.1, 0.15) is 18.4 Å². The zero-order valence-corrected chi connectivity index (χ0v) is 16.0. The number of aliphatic imine (C=N–C) groups is 1. The fraction of sp³-hybridized carbons (Fsp3) is 0.562. The number of rotatable bonds is 7. The quantitative estimate of drug-likeness (QED) is 0.287. The Morgan fingerprint density at radius 1 is 1.38 bits per heavy atom. The maximum Gasteiger partial charge on any atom is 0.191 e. The molecule has 0 bridgehead atoms. The third-order valence-electron chi connectivity index (χ3n) is 3.53. The molecule has 2 rings (SSSR count). The van der Waals surface area contributed by atoms with Crippen molar-refractivity contribution in [2.24, 2.45) is 4.99 Å². The number of hydrogen-bond acceptors (Lipinski definition) is 3. The maximum atomic E-state index is 13.5. The second-order valence-corrected chi connectivity index (χ2v) is 5.30. The highest BCUT2D eigenvalue weighted by Gasteiger charge is 2.15. The fourth-order valence-electron chi connectivity index (χ4n) is 2.25. The van der Waals surface area contributed by atoms with Crippen molar-refractivity contribution in [2.45, 2.75) is 25.5 Å². The highest BCUT2D eigenvalue weighted by Crippen LogP contribution is 2.09. The van der Waals surface area contributed by atoms with E-state index in [0.717, 1.165) is 31.6 Å². The van der Waals surface area contributed by atoms with Crippen molar-refractivity contribution in [3.8, 4) is 0 Å². The summed E-state index contributed by atoms with van der Waals surface area (Å²) >= 11 is 0. The minimum Gasteiger partial charge on any atom is -0.379 e. The molecule has 1 aromatic rings. The summed E-state index contributed by atoms with van der Waals surface area (Å²) in [7, 11) is 1.63. The van der Waals surface area contributed by atoms with Gasteiger partial charge in [0, 0.05) is 38.9 Å². The van der Waals surface area contributed by atoms with Gasteiger partial charge in [-0.05, 0) is 31.0 Å². The van der Waals surface area contributed by atoms with E-state index in [2.05, 4.69) is 15.6 Å². The first kappa shape index (κ1) is 21.0. The molecule has 8 heteroatoms. The predicted octanol–water partition coefficient (Wildman–Crippen LogP) is 2.44. The van der Waals surface area contributed by atoms with E-state index in [1.807, 2.05) is 0 Å². The normalized spacial score (nSPS) is 17.5. The van der Waals surface area contributed by atoms with Crippen LogP contribution in [-0.2, 0) is 16.0 Å². The summed E-state index contributed by atoms with van der Waals surface area (Å²) in [5, 5.41) is 6.07. The molecule has 1 saturated heterocycles. The van der Waals surface area contributed by atoms with Crippen LogP contribution in [0.4, 0.5) is 8.78 Å². The van der Waals surface area contributed by atoms with Crippen LogP contribution in [0.25, 0.3) is 0 Å². The maximum absolute atomic E-state index is 13.5. The SMILES string of the molecule is CN=C(NCCCOC1CCOC1)NCc1cc(F)ccc1F.I. The van der Waals surface area contributed by atoms with Crippen LogP contribution in [0, 0.1) is 11.6 Å². The lowest BCUT2D eigenvalue weighted by molar-refractivity contribution is 0.0420. The molecule has 136 valence electrons. The molecule has 0 spiro atoms. The summed E-state index contributed by atoms with van der Waals surface area (Å²) in [6.07, 6.45) is 1.99. The van der Waals surface area contributed by atoms with Crippen LogP contribution in [0.3, 0.4) is 0 Å². The van der Waals surface area contributed by atoms with Crippen LogP contribution in [0.5, 0.6) is 0 Å². The molecule has 0 saturated carbocycles. The fourth-order valence-corrected chi connectivity index (χ4v) is 2.25. The first-order chi connectivity index (χ1) is 11.2. The van der Waals surface area contributed by atoms with Crippen molar-refractivity contribution < 1.29 is 18.3 Å². The van der Waals surface area contributed by atoms with Crippen LogP contribution in [-0.4, -0.2) is 45.5 Å². The number of hydrogen-bond donors (Lipinski definition) is 2. The Morgan fingerprint density at radius 3 is 2.92 bits per heavy atom. The molecule has 1 fully saturated rings. The first-order valence-corrected chi connectivity index (χ1v) is 7.77. The van der Waals surface area contributed by atoms with E-state index >= 15 is 0 Å². The largest absolute Gasteiger partial charge is 0.379 e. The van der Waals surface area contributed by atoms with E-state index in [0.29, 0.717) is 25.7 Å². The molecule has 0 aromatic heterocycles. The number of benzene rings is 1. The second-order valence-electron chi connectivity index (χ2n) is 5.30. The zero-order chi connectivity index (χ0) is 16.5. The average molecular weight is 455 g/mol. The molecule has 5 nitrogen and oxygen atoms in total. The lowest BCUT2D eigenvalue weighted by Crippen LogP contribution is -2.37. The molecule has 1 heterocycles. The van der Waals surface area contributed by atoms with Gasteiger partial charge in [0.05, 0.1) is 12.7 Å². The van der Waals surface area contributed by atoms with E-state index in [1.165, 1.54) is 6.07 Å². The molecule has 1 aliphatic heterocycles. The number of guanidine groups is 1. The minimum absolute atomic E-state index is 0. The highest BCUT2D eigenvalue weighted by molar-refractivity contribution is 14.0. The lowest BCUT2D eigenvalue weighted by Gasteiger charge is -2.13. The topological polar surface area (TPSA) is 54.9 Å². The Hall–Kier alpha value is -1.00. The molecule has 0 aliphatic carbocycles. The zero-order valence-electron chi connectivity index (χ0n) is 13.7. The van der Waals surface area contributed by atoms with Crippen LogP contribution in [0.2, 0.25) is 0 Å². The molecular formula is C16H24F2IN3O2. The van der Waals surface area contributed by atoms with E-state index in [-0.39, 0.29) is 42.2 Å². The Morgan fingerprint density at radius 2 is 2.21 bits per heavy atom. The number of nitrogens with zero attached hydrogens (tertiary/aromatic N) is 1. The molecule has 1 unspecified atom stereocenters. The van der Waals surface area contributed by atoms with Gasteiger partial charge in [0.1, 0.15) is 11.6 Å². The summed E-state index contributed by atoms with van der Waals surface area (Å²) in [5.74, 6) is -0.362. The molecule has 24 heavy (non-hydrogen) atoms. The lowest BCUT2D eigenvalue weighted by atomic mass is 10.2. The minimum atomic E-state index is -0.459. The van der Waals surface area contributed by atoms with Crippen LogP contribution >= 0.6 is 24.0 Å². The smallest absolute Gasteiger partial charge is 0.191 e. The van der Waals surface area contributed by atoms with Crippen molar-refractivity contribution in [3.63, 3.8) is 0 Å². The average Bonchev–Trinajstić information content (AvgIpc) is 3.06. The Labute approximate surface area is 158 Å². The molecule has 1 atom stereocenters. The van der Waals surface area contributed by atoms with Gasteiger partial charge in [-0.2, -0.15) is 0 Å². The molecule has 2 N–H and O–H groups in total. The highest BCUT2D eigenvalue weighted by atomic mass is 127. The third kappa shape index (κ3) is 7.27. The molecule has 1 aliphatic rings. The first-order valence-electron chi connectivity index (χ1n) is 7.77. The number of ether oxygens (including phenoxy) is 2. The van der Waals surface area contributed by atoms with Gasteiger partial charge < -0.3 is 20.1 Å². The third-order valence-corrected chi connectivity index (χ3v) is 3.53. The molecule has 0 radical (unpaired) electrons. The van der Waals surface area contributed by atoms with Gasteiger partial charge in [-0.1, -0.05) is 0 Å². The van der Waals surface area contributed by atoms with Crippen LogP contribution in [0.15, 0.2) is 23.2 Å². The number of halogens is 3. The van der Waals surface area contributed by atoms with Gasteiger partial charge in [0.15, 0.2) is 5.96 Å². The molecule has 1 aromatic carbocycles. The van der Waals surface area contributed by atoms with Crippen molar-refractivity contribution in [1.29, 1.82) is 0 Å². The Bertz CT molecular complexity index is 526. The van der Waals surface area contributed by atoms with Gasteiger partial charge >= 0.3 is 0 Å². The van der Waals surface area contributed by atoms with Crippen molar-refractivity contribution in [3.05, 3.63) is 35.4 Å². The summed E-state index contributed by atoms with van der Waals surface area (Å²) < 4.78 is 37.5.